The van der Waals surface area contributed by atoms with Crippen LogP contribution in [0.25, 0.3) is 0 Å². The maximum atomic E-state index is 12.7. The summed E-state index contributed by atoms with van der Waals surface area (Å²) in [5.74, 6) is 2.05. The fourth-order valence-electron chi connectivity index (χ4n) is 4.49. The highest BCUT2D eigenvalue weighted by Crippen LogP contribution is 2.50. The van der Waals surface area contributed by atoms with Crippen molar-refractivity contribution >= 4 is 6.03 Å². The van der Waals surface area contributed by atoms with E-state index in [4.69, 9.17) is 9.47 Å². The molecule has 148 valence electrons. The molecule has 1 saturated carbocycles. The third kappa shape index (κ3) is 3.53. The zero-order valence-electron chi connectivity index (χ0n) is 16.8. The van der Waals surface area contributed by atoms with Gasteiger partial charge in [-0.2, -0.15) is 0 Å². The van der Waals surface area contributed by atoms with E-state index < -0.39 is 0 Å². The van der Waals surface area contributed by atoms with Gasteiger partial charge in [0.2, 0.25) is 0 Å². The van der Waals surface area contributed by atoms with Crippen molar-refractivity contribution in [3.63, 3.8) is 0 Å². The summed E-state index contributed by atoms with van der Waals surface area (Å²) in [4.78, 5) is 14.7. The summed E-state index contributed by atoms with van der Waals surface area (Å²) in [5.41, 5.74) is 2.15. The topological polar surface area (TPSA) is 50.8 Å². The maximum Gasteiger partial charge on any atom is 0.318 e. The molecule has 2 aromatic carbocycles. The lowest BCUT2D eigenvalue weighted by atomic mass is 9.75. The molecule has 3 fully saturated rings. The second-order valence-corrected chi connectivity index (χ2v) is 8.24. The number of nitrogens with zero attached hydrogens (tertiary/aromatic N) is 1. The number of ether oxygens (including phenoxy) is 2. The van der Waals surface area contributed by atoms with Gasteiger partial charge in [-0.05, 0) is 55.9 Å². The minimum Gasteiger partial charge on any atom is -0.493 e. The first-order chi connectivity index (χ1) is 13.5. The Morgan fingerprint density at radius 2 is 1.96 bits per heavy atom. The van der Waals surface area contributed by atoms with Crippen LogP contribution in [-0.2, 0) is 6.61 Å². The highest BCUT2D eigenvalue weighted by Gasteiger charge is 2.54. The predicted octanol–water partition coefficient (Wildman–Crippen LogP) is 4.53. The van der Waals surface area contributed by atoms with Crippen molar-refractivity contribution in [2.75, 3.05) is 13.7 Å². The summed E-state index contributed by atoms with van der Waals surface area (Å²) >= 11 is 0. The molecule has 2 bridgehead atoms. The number of hydrogen-bond donors (Lipinski definition) is 1. The predicted molar refractivity (Wildman–Crippen MR) is 109 cm³/mol. The van der Waals surface area contributed by atoms with Crippen molar-refractivity contribution in [3.8, 4) is 11.5 Å². The lowest BCUT2D eigenvalue weighted by Gasteiger charge is -2.39. The molecule has 3 aliphatic rings. The normalized spacial score (nSPS) is 23.7. The van der Waals surface area contributed by atoms with Gasteiger partial charge in [0, 0.05) is 12.1 Å². The number of amides is 2. The van der Waals surface area contributed by atoms with Crippen LogP contribution >= 0.6 is 0 Å². The van der Waals surface area contributed by atoms with Gasteiger partial charge in [-0.25, -0.2) is 4.79 Å². The molecular formula is C23H28N2O3. The average molecular weight is 380 g/mol. The molecule has 0 radical (unpaired) electrons. The standard InChI is InChI=1S/C23H28N2O3/c1-16(24-22(26)25-14-18-12-23(25,2)13-18)19-9-10-20(21(11-19)27-3)28-15-17-7-5-4-6-8-17/h4-11,16,18H,12-15H2,1-3H3,(H,24,26). The maximum absolute atomic E-state index is 12.7. The van der Waals surface area contributed by atoms with E-state index in [0.717, 1.165) is 30.5 Å². The Morgan fingerprint density at radius 3 is 2.61 bits per heavy atom. The average Bonchev–Trinajstić information content (AvgIpc) is 3.20. The largest absolute Gasteiger partial charge is 0.493 e. The summed E-state index contributed by atoms with van der Waals surface area (Å²) in [6, 6.07) is 15.8. The van der Waals surface area contributed by atoms with Crippen molar-refractivity contribution in [3.05, 3.63) is 59.7 Å². The Labute approximate surface area is 166 Å². The van der Waals surface area contributed by atoms with E-state index in [2.05, 4.69) is 12.2 Å². The molecule has 2 heterocycles. The summed E-state index contributed by atoms with van der Waals surface area (Å²) in [5, 5.41) is 3.14. The van der Waals surface area contributed by atoms with Crippen LogP contribution in [0.3, 0.4) is 0 Å². The van der Waals surface area contributed by atoms with Gasteiger partial charge >= 0.3 is 6.03 Å². The smallest absolute Gasteiger partial charge is 0.318 e. The monoisotopic (exact) mass is 380 g/mol. The Bertz CT molecular complexity index is 846. The van der Waals surface area contributed by atoms with E-state index in [1.54, 1.807) is 7.11 Å². The Hall–Kier alpha value is -2.69. The summed E-state index contributed by atoms with van der Waals surface area (Å²) < 4.78 is 11.4. The van der Waals surface area contributed by atoms with Crippen molar-refractivity contribution < 1.29 is 14.3 Å². The van der Waals surface area contributed by atoms with Gasteiger partial charge in [-0.1, -0.05) is 36.4 Å². The lowest BCUT2D eigenvalue weighted by Crippen LogP contribution is -2.49. The van der Waals surface area contributed by atoms with Crippen molar-refractivity contribution in [1.82, 2.24) is 10.2 Å². The number of nitrogens with one attached hydrogen (secondary N) is 1. The second kappa shape index (κ2) is 7.38. The van der Waals surface area contributed by atoms with E-state index in [-0.39, 0.29) is 17.6 Å². The molecule has 2 aliphatic heterocycles. The Morgan fingerprint density at radius 1 is 1.21 bits per heavy atom. The first kappa shape index (κ1) is 18.7. The molecular weight excluding hydrogens is 352 g/mol. The molecule has 1 atom stereocenters. The number of hydrogen-bond acceptors (Lipinski definition) is 3. The van der Waals surface area contributed by atoms with Crippen molar-refractivity contribution in [2.24, 2.45) is 5.92 Å². The van der Waals surface area contributed by atoms with Crippen LogP contribution in [0.15, 0.2) is 48.5 Å². The molecule has 1 aliphatic carbocycles. The SMILES string of the molecule is COc1cc(C(C)NC(=O)N2CC3CC2(C)C3)ccc1OCc1ccccc1. The fourth-order valence-corrected chi connectivity index (χ4v) is 4.49. The van der Waals surface area contributed by atoms with Gasteiger partial charge < -0.3 is 19.7 Å². The first-order valence-corrected chi connectivity index (χ1v) is 9.91. The van der Waals surface area contributed by atoms with Crippen LogP contribution in [0.4, 0.5) is 4.79 Å². The van der Waals surface area contributed by atoms with Gasteiger partial charge in [0.25, 0.3) is 0 Å². The molecule has 2 aromatic rings. The molecule has 1 N–H and O–H groups in total. The van der Waals surface area contributed by atoms with E-state index in [1.165, 1.54) is 0 Å². The third-order valence-electron chi connectivity index (χ3n) is 6.06. The molecule has 5 nitrogen and oxygen atoms in total. The number of methoxy groups -OCH3 is 1. The van der Waals surface area contributed by atoms with Crippen LogP contribution in [0.5, 0.6) is 11.5 Å². The number of benzene rings is 2. The molecule has 0 spiro atoms. The van der Waals surface area contributed by atoms with E-state index in [9.17, 15) is 4.79 Å². The van der Waals surface area contributed by atoms with Gasteiger partial charge in [-0.3, -0.25) is 0 Å². The second-order valence-electron chi connectivity index (χ2n) is 8.24. The molecule has 2 saturated heterocycles. The molecule has 2 amide bonds. The van der Waals surface area contributed by atoms with Gasteiger partial charge in [0.1, 0.15) is 6.61 Å². The van der Waals surface area contributed by atoms with Gasteiger partial charge in [0.05, 0.1) is 13.2 Å². The highest BCUT2D eigenvalue weighted by atomic mass is 16.5. The van der Waals surface area contributed by atoms with Gasteiger partial charge in [0.15, 0.2) is 11.5 Å². The summed E-state index contributed by atoms with van der Waals surface area (Å²) in [6.07, 6.45) is 2.27. The number of urea groups is 1. The fraction of sp³-hybridized carbons (Fsp3) is 0.435. The summed E-state index contributed by atoms with van der Waals surface area (Å²) in [7, 11) is 1.63. The van der Waals surface area contributed by atoms with Gasteiger partial charge in [-0.15, -0.1) is 0 Å². The van der Waals surface area contributed by atoms with Crippen LogP contribution in [0.2, 0.25) is 0 Å². The van der Waals surface area contributed by atoms with Crippen molar-refractivity contribution in [2.45, 2.75) is 44.9 Å². The molecule has 5 heteroatoms. The Kier molecular flexibility index (Phi) is 4.92. The molecule has 28 heavy (non-hydrogen) atoms. The number of fused-ring (bicyclic) bond motifs is 1. The van der Waals surface area contributed by atoms with E-state index >= 15 is 0 Å². The minimum absolute atomic E-state index is 0.0263. The van der Waals surface area contributed by atoms with E-state index in [1.807, 2.05) is 60.4 Å². The zero-order valence-corrected chi connectivity index (χ0v) is 16.8. The lowest BCUT2D eigenvalue weighted by molar-refractivity contribution is 0.136. The summed E-state index contributed by atoms with van der Waals surface area (Å²) in [6.45, 7) is 5.55. The third-order valence-corrected chi connectivity index (χ3v) is 6.06. The van der Waals surface area contributed by atoms with Crippen LogP contribution in [0.1, 0.15) is 43.9 Å². The van der Waals surface area contributed by atoms with Crippen LogP contribution in [-0.4, -0.2) is 30.1 Å². The quantitative estimate of drug-likeness (QED) is 0.801. The Balaban J connectivity index is 1.41. The van der Waals surface area contributed by atoms with E-state index in [0.29, 0.717) is 24.0 Å². The van der Waals surface area contributed by atoms with Crippen molar-refractivity contribution in [1.29, 1.82) is 0 Å². The highest BCUT2D eigenvalue weighted by molar-refractivity contribution is 5.76. The first-order valence-electron chi connectivity index (χ1n) is 9.91. The molecule has 1 unspecified atom stereocenters. The number of rotatable bonds is 6. The zero-order chi connectivity index (χ0) is 19.7. The molecule has 5 rings (SSSR count). The number of carbonyl (C=O) groups excluding carboxylic acids is 1. The minimum atomic E-state index is -0.106. The molecule has 0 aromatic heterocycles. The van der Waals surface area contributed by atoms with Crippen LogP contribution < -0.4 is 14.8 Å². The number of carbonyl (C=O) groups is 1. The van der Waals surface area contributed by atoms with Crippen LogP contribution in [0, 0.1) is 5.92 Å².